The molecule has 1 N–H and O–H groups in total. The van der Waals surface area contributed by atoms with Gasteiger partial charge in [0, 0.05) is 17.0 Å². The molecule has 0 radical (unpaired) electrons. The fourth-order valence-corrected chi connectivity index (χ4v) is 5.45. The van der Waals surface area contributed by atoms with Crippen molar-refractivity contribution in [2.24, 2.45) is 5.92 Å². The highest BCUT2D eigenvalue weighted by atomic mass is 79.9. The summed E-state index contributed by atoms with van der Waals surface area (Å²) in [6.45, 7) is 0.353. The van der Waals surface area contributed by atoms with Gasteiger partial charge in [0.1, 0.15) is 18.2 Å². The van der Waals surface area contributed by atoms with E-state index >= 15 is 0 Å². The van der Waals surface area contributed by atoms with Crippen molar-refractivity contribution in [3.05, 3.63) is 98.5 Å². The highest BCUT2D eigenvalue weighted by Crippen LogP contribution is 2.52. The first kappa shape index (κ1) is 22.2. The lowest BCUT2D eigenvalue weighted by molar-refractivity contribution is 0.282. The van der Waals surface area contributed by atoms with Gasteiger partial charge in [0.05, 0.1) is 23.3 Å². The molecule has 33 heavy (non-hydrogen) atoms. The van der Waals surface area contributed by atoms with E-state index in [1.54, 1.807) is 7.11 Å². The lowest BCUT2D eigenvalue weighted by Crippen LogP contribution is -2.30. The van der Waals surface area contributed by atoms with Crippen molar-refractivity contribution in [1.29, 1.82) is 0 Å². The Kier molecular flexibility index (Phi) is 6.06. The second kappa shape index (κ2) is 8.99. The molecule has 1 aliphatic heterocycles. The van der Waals surface area contributed by atoms with Gasteiger partial charge in [-0.05, 0) is 75.3 Å². The summed E-state index contributed by atoms with van der Waals surface area (Å²) >= 11 is 9.59. The van der Waals surface area contributed by atoms with Gasteiger partial charge in [0.15, 0.2) is 11.5 Å². The summed E-state index contributed by atoms with van der Waals surface area (Å²) in [4.78, 5) is 0. The number of benzene rings is 3. The Hall–Kier alpha value is -2.57. The maximum absolute atomic E-state index is 14.7. The molecule has 3 nitrogen and oxygen atoms in total. The summed E-state index contributed by atoms with van der Waals surface area (Å²) < 4.78 is 41.0. The minimum absolute atomic E-state index is 0.0537. The topological polar surface area (TPSA) is 30.5 Å². The summed E-state index contributed by atoms with van der Waals surface area (Å²) in [6.07, 6.45) is 4.94. The Bertz CT molecular complexity index is 1230. The van der Waals surface area contributed by atoms with Crippen LogP contribution < -0.4 is 14.8 Å². The number of hydrogen-bond donors (Lipinski definition) is 1. The van der Waals surface area contributed by atoms with Crippen molar-refractivity contribution in [1.82, 2.24) is 0 Å². The van der Waals surface area contributed by atoms with Crippen molar-refractivity contribution in [2.45, 2.75) is 25.0 Å². The molecule has 2 aliphatic rings. The number of methoxy groups -OCH3 is 1. The molecule has 3 atom stereocenters. The molecule has 0 saturated carbocycles. The second-order valence-corrected chi connectivity index (χ2v) is 9.57. The molecule has 5 rings (SSSR count). The quantitative estimate of drug-likeness (QED) is 0.340. The highest BCUT2D eigenvalue weighted by molar-refractivity contribution is 9.10. The molecule has 0 saturated heterocycles. The van der Waals surface area contributed by atoms with Crippen LogP contribution in [0.25, 0.3) is 0 Å². The molecule has 1 aliphatic carbocycles. The Balaban J connectivity index is 1.47. The minimum atomic E-state index is -0.581. The normalized spacial score (nSPS) is 20.7. The Morgan fingerprint density at radius 3 is 2.67 bits per heavy atom. The van der Waals surface area contributed by atoms with E-state index < -0.39 is 11.6 Å². The molecule has 0 bridgehead atoms. The first-order valence-electron chi connectivity index (χ1n) is 10.6. The number of hydrogen-bond acceptors (Lipinski definition) is 3. The van der Waals surface area contributed by atoms with Gasteiger partial charge in [-0.25, -0.2) is 8.78 Å². The molecule has 170 valence electrons. The average Bonchev–Trinajstić information content (AvgIpc) is 3.29. The van der Waals surface area contributed by atoms with Crippen LogP contribution >= 0.6 is 27.5 Å². The molecular formula is C26H21BrClF2NO2. The summed E-state index contributed by atoms with van der Waals surface area (Å²) in [5, 5.41) is 4.00. The number of ether oxygens (including phenoxy) is 2. The van der Waals surface area contributed by atoms with Gasteiger partial charge in [0.25, 0.3) is 0 Å². The molecule has 0 amide bonds. The van der Waals surface area contributed by atoms with E-state index in [0.717, 1.165) is 28.1 Å². The molecule has 3 aromatic rings. The zero-order chi connectivity index (χ0) is 23.1. The molecule has 0 fully saturated rings. The number of fused-ring (bicyclic) bond motifs is 3. The van der Waals surface area contributed by atoms with Crippen LogP contribution in [0.1, 0.15) is 35.1 Å². The van der Waals surface area contributed by atoms with E-state index in [9.17, 15) is 8.78 Å². The van der Waals surface area contributed by atoms with Crippen LogP contribution in [-0.2, 0) is 6.61 Å². The van der Waals surface area contributed by atoms with Gasteiger partial charge in [0.2, 0.25) is 0 Å². The van der Waals surface area contributed by atoms with E-state index in [1.807, 2.05) is 42.5 Å². The van der Waals surface area contributed by atoms with E-state index in [2.05, 4.69) is 27.3 Å². The second-order valence-electron chi connectivity index (χ2n) is 8.28. The molecule has 3 aromatic carbocycles. The fraction of sp³-hybridized carbons (Fsp3) is 0.231. The van der Waals surface area contributed by atoms with Crippen molar-refractivity contribution in [3.63, 3.8) is 0 Å². The van der Waals surface area contributed by atoms with Crippen molar-refractivity contribution in [3.8, 4) is 11.5 Å². The maximum Gasteiger partial charge on any atom is 0.175 e. The highest BCUT2D eigenvalue weighted by Gasteiger charge is 2.39. The SMILES string of the molecule is COc1cc([C@@H]2Nc3c(F)cc(F)cc3[C@@H]3C=CC[C@H]32)cc(Br)c1OCc1ccc(Cl)cc1. The number of allylic oxidation sites excluding steroid dienone is 2. The van der Waals surface area contributed by atoms with Gasteiger partial charge < -0.3 is 14.8 Å². The van der Waals surface area contributed by atoms with Gasteiger partial charge in [-0.1, -0.05) is 35.9 Å². The molecular weight excluding hydrogens is 512 g/mol. The van der Waals surface area contributed by atoms with Crippen LogP contribution in [0.15, 0.2) is 65.2 Å². The van der Waals surface area contributed by atoms with E-state index in [0.29, 0.717) is 34.4 Å². The summed E-state index contributed by atoms with van der Waals surface area (Å²) in [6, 6.07) is 13.5. The summed E-state index contributed by atoms with van der Waals surface area (Å²) in [7, 11) is 1.59. The lowest BCUT2D eigenvalue weighted by atomic mass is 9.77. The van der Waals surface area contributed by atoms with Gasteiger partial charge in [-0.3, -0.25) is 0 Å². The first-order valence-corrected chi connectivity index (χ1v) is 11.8. The Morgan fingerprint density at radius 1 is 1.12 bits per heavy atom. The molecule has 0 aromatic heterocycles. The van der Waals surface area contributed by atoms with Crippen LogP contribution in [0.2, 0.25) is 5.02 Å². The summed E-state index contributed by atoms with van der Waals surface area (Å²) in [5.74, 6) is 0.0998. The van der Waals surface area contributed by atoms with Crippen LogP contribution in [0, 0.1) is 17.6 Å². The van der Waals surface area contributed by atoms with Crippen molar-refractivity contribution < 1.29 is 18.3 Å². The Morgan fingerprint density at radius 2 is 1.91 bits per heavy atom. The summed E-state index contributed by atoms with van der Waals surface area (Å²) in [5.41, 5.74) is 2.93. The average molecular weight is 533 g/mol. The zero-order valence-electron chi connectivity index (χ0n) is 17.7. The lowest BCUT2D eigenvalue weighted by Gasteiger charge is -2.38. The minimum Gasteiger partial charge on any atom is -0.493 e. The van der Waals surface area contributed by atoms with Gasteiger partial charge >= 0.3 is 0 Å². The van der Waals surface area contributed by atoms with Gasteiger partial charge in [-0.2, -0.15) is 0 Å². The number of rotatable bonds is 5. The number of anilines is 1. The largest absolute Gasteiger partial charge is 0.493 e. The van der Waals surface area contributed by atoms with Crippen molar-refractivity contribution >= 4 is 33.2 Å². The number of halogens is 4. The van der Waals surface area contributed by atoms with Crippen molar-refractivity contribution in [2.75, 3.05) is 12.4 Å². The third-order valence-corrected chi connectivity index (χ3v) is 7.13. The molecule has 1 heterocycles. The maximum atomic E-state index is 14.7. The molecule has 7 heteroatoms. The third-order valence-electron chi connectivity index (χ3n) is 6.29. The van der Waals surface area contributed by atoms with Crippen LogP contribution in [0.5, 0.6) is 11.5 Å². The van der Waals surface area contributed by atoms with Crippen LogP contribution in [-0.4, -0.2) is 7.11 Å². The third kappa shape index (κ3) is 4.22. The number of nitrogens with one attached hydrogen (secondary N) is 1. The Labute approximate surface area is 204 Å². The van der Waals surface area contributed by atoms with Gasteiger partial charge in [-0.15, -0.1) is 0 Å². The predicted octanol–water partition coefficient (Wildman–Crippen LogP) is 7.79. The predicted molar refractivity (Wildman–Crippen MR) is 129 cm³/mol. The van der Waals surface area contributed by atoms with E-state index in [1.165, 1.54) is 6.07 Å². The standard InChI is InChI=1S/C26H21BrClF2NO2/c1-32-23-10-15(9-21(27)26(23)33-13-14-5-7-16(28)8-6-14)24-19-4-2-3-18(19)20-11-17(29)12-22(30)25(20)31-24/h2-3,5-12,18-19,24,31H,4,13H2,1H3/t18-,19-,24+/m1/s1. The van der Waals surface area contributed by atoms with Crippen LogP contribution in [0.3, 0.4) is 0 Å². The smallest absolute Gasteiger partial charge is 0.175 e. The van der Waals surface area contributed by atoms with Crippen LogP contribution in [0.4, 0.5) is 14.5 Å². The first-order chi connectivity index (χ1) is 15.9. The monoisotopic (exact) mass is 531 g/mol. The zero-order valence-corrected chi connectivity index (χ0v) is 20.1. The van der Waals surface area contributed by atoms with E-state index in [-0.39, 0.29) is 17.9 Å². The molecule has 0 unspecified atom stereocenters. The molecule has 0 spiro atoms. The van der Waals surface area contributed by atoms with E-state index in [4.69, 9.17) is 21.1 Å². The fourth-order valence-electron chi connectivity index (χ4n) is 4.75.